The van der Waals surface area contributed by atoms with Crippen LogP contribution in [0.1, 0.15) is 30.5 Å². The predicted molar refractivity (Wildman–Crippen MR) is 101 cm³/mol. The van der Waals surface area contributed by atoms with E-state index in [-0.39, 0.29) is 18.6 Å². The molecule has 0 aliphatic rings. The summed E-state index contributed by atoms with van der Waals surface area (Å²) in [6.45, 7) is 3.87. The molecule has 1 unspecified atom stereocenters. The van der Waals surface area contributed by atoms with Crippen LogP contribution in [0.5, 0.6) is 11.5 Å². The smallest absolute Gasteiger partial charge is 0.258 e. The molecule has 0 aromatic heterocycles. The largest absolute Gasteiger partial charge is 0.496 e. The SMILES string of the molecule is CCC(NC(=O)COc1ccc(Cl)cc1Cl)c1ccc(OC)c(C)c1. The molecular weight excluding hydrogens is 361 g/mol. The highest BCUT2D eigenvalue weighted by molar-refractivity contribution is 6.35. The number of hydrogen-bond acceptors (Lipinski definition) is 3. The van der Waals surface area contributed by atoms with Crippen molar-refractivity contribution >= 4 is 29.1 Å². The molecule has 2 aromatic rings. The first kappa shape index (κ1) is 19.4. The van der Waals surface area contributed by atoms with Crippen LogP contribution in [0.25, 0.3) is 0 Å². The van der Waals surface area contributed by atoms with Crippen molar-refractivity contribution in [2.24, 2.45) is 0 Å². The van der Waals surface area contributed by atoms with Crippen molar-refractivity contribution in [3.8, 4) is 11.5 Å². The van der Waals surface area contributed by atoms with Crippen LogP contribution in [0.3, 0.4) is 0 Å². The van der Waals surface area contributed by atoms with Crippen molar-refractivity contribution in [3.05, 3.63) is 57.6 Å². The van der Waals surface area contributed by atoms with Crippen LogP contribution in [0.2, 0.25) is 10.0 Å². The molecule has 134 valence electrons. The Morgan fingerprint density at radius 1 is 1.16 bits per heavy atom. The molecule has 0 bridgehead atoms. The molecule has 0 aliphatic carbocycles. The number of carbonyl (C=O) groups excluding carboxylic acids is 1. The lowest BCUT2D eigenvalue weighted by Gasteiger charge is -2.19. The van der Waals surface area contributed by atoms with Gasteiger partial charge in [0.05, 0.1) is 18.2 Å². The van der Waals surface area contributed by atoms with Gasteiger partial charge >= 0.3 is 0 Å². The standard InChI is InChI=1S/C19H21Cl2NO3/c1-4-16(13-5-7-17(24-3)12(2)9-13)22-19(23)11-25-18-8-6-14(20)10-15(18)21/h5-10,16H,4,11H2,1-3H3,(H,22,23). The minimum absolute atomic E-state index is 0.0959. The molecule has 0 aliphatic heterocycles. The summed E-state index contributed by atoms with van der Waals surface area (Å²) in [7, 11) is 1.64. The summed E-state index contributed by atoms with van der Waals surface area (Å²) in [6.07, 6.45) is 0.763. The van der Waals surface area contributed by atoms with E-state index in [1.165, 1.54) is 0 Å². The molecule has 1 amide bonds. The number of aryl methyl sites for hydroxylation is 1. The van der Waals surface area contributed by atoms with Crippen molar-refractivity contribution < 1.29 is 14.3 Å². The van der Waals surface area contributed by atoms with Gasteiger partial charge in [0.1, 0.15) is 11.5 Å². The van der Waals surface area contributed by atoms with Crippen molar-refractivity contribution in [2.75, 3.05) is 13.7 Å². The van der Waals surface area contributed by atoms with Crippen molar-refractivity contribution in [1.29, 1.82) is 0 Å². The van der Waals surface area contributed by atoms with Gasteiger partial charge in [-0.05, 0) is 48.7 Å². The van der Waals surface area contributed by atoms with Crippen LogP contribution in [0.4, 0.5) is 0 Å². The number of nitrogens with one attached hydrogen (secondary N) is 1. The fraction of sp³-hybridized carbons (Fsp3) is 0.316. The van der Waals surface area contributed by atoms with Gasteiger partial charge in [0.15, 0.2) is 6.61 Å². The van der Waals surface area contributed by atoms with Gasteiger partial charge in [-0.2, -0.15) is 0 Å². The van der Waals surface area contributed by atoms with Crippen LogP contribution in [0.15, 0.2) is 36.4 Å². The minimum Gasteiger partial charge on any atom is -0.496 e. The Labute approximate surface area is 158 Å². The maximum Gasteiger partial charge on any atom is 0.258 e. The number of benzene rings is 2. The third-order valence-electron chi connectivity index (χ3n) is 3.82. The quantitative estimate of drug-likeness (QED) is 0.737. The molecule has 0 radical (unpaired) electrons. The zero-order valence-electron chi connectivity index (χ0n) is 14.4. The fourth-order valence-electron chi connectivity index (χ4n) is 2.51. The molecule has 2 rings (SSSR count). The molecule has 25 heavy (non-hydrogen) atoms. The van der Waals surface area contributed by atoms with E-state index in [4.69, 9.17) is 32.7 Å². The van der Waals surface area contributed by atoms with Crippen molar-refractivity contribution in [3.63, 3.8) is 0 Å². The summed E-state index contributed by atoms with van der Waals surface area (Å²) in [5, 5.41) is 3.86. The van der Waals surface area contributed by atoms with Crippen LogP contribution >= 0.6 is 23.2 Å². The molecule has 1 atom stereocenters. The van der Waals surface area contributed by atoms with Gasteiger partial charge in [-0.15, -0.1) is 0 Å². The van der Waals surface area contributed by atoms with Crippen LogP contribution in [0, 0.1) is 6.92 Å². The molecule has 0 heterocycles. The summed E-state index contributed by atoms with van der Waals surface area (Å²) >= 11 is 11.9. The Balaban J connectivity index is 1.98. The number of ether oxygens (including phenoxy) is 2. The van der Waals surface area contributed by atoms with E-state index in [1.54, 1.807) is 25.3 Å². The average Bonchev–Trinajstić information content (AvgIpc) is 2.58. The Hall–Kier alpha value is -1.91. The summed E-state index contributed by atoms with van der Waals surface area (Å²) in [4.78, 5) is 12.2. The summed E-state index contributed by atoms with van der Waals surface area (Å²) in [6, 6.07) is 10.7. The number of rotatable bonds is 7. The first-order valence-electron chi connectivity index (χ1n) is 7.96. The molecule has 0 saturated heterocycles. The lowest BCUT2D eigenvalue weighted by atomic mass is 10.0. The predicted octanol–water partition coefficient (Wildman–Crippen LogP) is 4.96. The maximum atomic E-state index is 12.2. The lowest BCUT2D eigenvalue weighted by Crippen LogP contribution is -2.32. The zero-order chi connectivity index (χ0) is 18.4. The Bertz CT molecular complexity index is 749. The molecule has 0 saturated carbocycles. The molecule has 2 aromatic carbocycles. The first-order valence-corrected chi connectivity index (χ1v) is 8.72. The molecule has 0 spiro atoms. The van der Waals surface area contributed by atoms with Gasteiger partial charge in [-0.25, -0.2) is 0 Å². The highest BCUT2D eigenvalue weighted by Gasteiger charge is 2.15. The van der Waals surface area contributed by atoms with Gasteiger partial charge in [0, 0.05) is 5.02 Å². The summed E-state index contributed by atoms with van der Waals surface area (Å²) in [5.41, 5.74) is 2.05. The van der Waals surface area contributed by atoms with Gasteiger partial charge in [0.25, 0.3) is 5.91 Å². The second-order valence-corrected chi connectivity index (χ2v) is 6.46. The van der Waals surface area contributed by atoms with E-state index < -0.39 is 0 Å². The van der Waals surface area contributed by atoms with Gasteiger partial charge < -0.3 is 14.8 Å². The first-order chi connectivity index (χ1) is 11.9. The normalized spacial score (nSPS) is 11.7. The molecule has 4 nitrogen and oxygen atoms in total. The summed E-state index contributed by atoms with van der Waals surface area (Å²) < 4.78 is 10.7. The topological polar surface area (TPSA) is 47.6 Å². The highest BCUT2D eigenvalue weighted by Crippen LogP contribution is 2.27. The Morgan fingerprint density at radius 3 is 2.48 bits per heavy atom. The monoisotopic (exact) mass is 381 g/mol. The average molecular weight is 382 g/mol. The van der Waals surface area contributed by atoms with E-state index in [2.05, 4.69) is 5.32 Å². The van der Waals surface area contributed by atoms with Crippen LogP contribution in [-0.2, 0) is 4.79 Å². The maximum absolute atomic E-state index is 12.2. The van der Waals surface area contributed by atoms with Crippen molar-refractivity contribution in [2.45, 2.75) is 26.3 Å². The number of halogens is 2. The number of amides is 1. The van der Waals surface area contributed by atoms with E-state index in [0.717, 1.165) is 23.3 Å². The molecule has 0 fully saturated rings. The number of hydrogen-bond donors (Lipinski definition) is 1. The third-order valence-corrected chi connectivity index (χ3v) is 4.35. The van der Waals surface area contributed by atoms with E-state index in [9.17, 15) is 4.79 Å². The van der Waals surface area contributed by atoms with Gasteiger partial charge in [-0.3, -0.25) is 4.79 Å². The second-order valence-electron chi connectivity index (χ2n) is 5.62. The number of methoxy groups -OCH3 is 1. The summed E-state index contributed by atoms with van der Waals surface area (Å²) in [5.74, 6) is 1.03. The van der Waals surface area contributed by atoms with Crippen LogP contribution < -0.4 is 14.8 Å². The Kier molecular flexibility index (Phi) is 6.97. The van der Waals surface area contributed by atoms with E-state index in [1.807, 2.05) is 32.0 Å². The molecular formula is C19H21Cl2NO3. The molecule has 6 heteroatoms. The van der Waals surface area contributed by atoms with E-state index >= 15 is 0 Å². The molecule has 1 N–H and O–H groups in total. The van der Waals surface area contributed by atoms with Crippen LogP contribution in [-0.4, -0.2) is 19.6 Å². The lowest BCUT2D eigenvalue weighted by molar-refractivity contribution is -0.123. The minimum atomic E-state index is -0.216. The number of carbonyl (C=O) groups is 1. The van der Waals surface area contributed by atoms with E-state index in [0.29, 0.717) is 15.8 Å². The van der Waals surface area contributed by atoms with Crippen molar-refractivity contribution in [1.82, 2.24) is 5.32 Å². The fourth-order valence-corrected chi connectivity index (χ4v) is 2.97. The van der Waals surface area contributed by atoms with Gasteiger partial charge in [-0.1, -0.05) is 42.3 Å². The Morgan fingerprint density at radius 2 is 1.88 bits per heavy atom. The zero-order valence-corrected chi connectivity index (χ0v) is 15.9. The highest BCUT2D eigenvalue weighted by atomic mass is 35.5. The third kappa shape index (κ3) is 5.28. The second kappa shape index (κ2) is 8.97. The van der Waals surface area contributed by atoms with Gasteiger partial charge in [0.2, 0.25) is 0 Å².